The van der Waals surface area contributed by atoms with E-state index in [0.717, 1.165) is 40.8 Å². The molecule has 1 fully saturated rings. The minimum absolute atomic E-state index is 0.0544. The normalized spacial score (nSPS) is 15.7. The summed E-state index contributed by atoms with van der Waals surface area (Å²) in [5.74, 6) is 0. The number of benzene rings is 1. The van der Waals surface area contributed by atoms with Gasteiger partial charge in [0, 0.05) is 49.9 Å². The number of aromatic nitrogens is 1. The zero-order valence-electron chi connectivity index (χ0n) is 14.4. The lowest BCUT2D eigenvalue weighted by Gasteiger charge is -2.33. The summed E-state index contributed by atoms with van der Waals surface area (Å²) >= 11 is 0. The molecule has 2 aromatic rings. The highest BCUT2D eigenvalue weighted by Crippen LogP contribution is 2.17. The third-order valence-electron chi connectivity index (χ3n) is 4.54. The highest BCUT2D eigenvalue weighted by Gasteiger charge is 2.21. The Hall–Kier alpha value is -2.34. The van der Waals surface area contributed by atoms with E-state index in [2.05, 4.69) is 16.0 Å². The lowest BCUT2D eigenvalue weighted by Crippen LogP contribution is -2.48. The Morgan fingerprint density at radius 2 is 1.88 bits per heavy atom. The summed E-state index contributed by atoms with van der Waals surface area (Å²) in [7, 11) is 1.40. The molecule has 2 heterocycles. The Bertz CT molecular complexity index is 820. The van der Waals surface area contributed by atoms with Gasteiger partial charge in [-0.3, -0.25) is 9.69 Å². The van der Waals surface area contributed by atoms with E-state index in [1.165, 1.54) is 7.11 Å². The first-order valence-corrected chi connectivity index (χ1v) is 8.16. The van der Waals surface area contributed by atoms with E-state index in [4.69, 9.17) is 4.74 Å². The van der Waals surface area contributed by atoms with Crippen LogP contribution in [0.5, 0.6) is 0 Å². The highest BCUT2D eigenvalue weighted by molar-refractivity contribution is 5.82. The summed E-state index contributed by atoms with van der Waals surface area (Å²) in [4.78, 5) is 31.3. The molecule has 6 heteroatoms. The van der Waals surface area contributed by atoms with E-state index in [-0.39, 0.29) is 11.5 Å². The molecule has 128 valence electrons. The molecule has 0 unspecified atom stereocenters. The van der Waals surface area contributed by atoms with E-state index in [1.54, 1.807) is 11.0 Å². The molecule has 3 rings (SSSR count). The van der Waals surface area contributed by atoms with Crippen molar-refractivity contribution >= 4 is 17.0 Å². The molecule has 0 radical (unpaired) electrons. The number of methoxy groups -OCH3 is 1. The highest BCUT2D eigenvalue weighted by atomic mass is 16.5. The molecule has 1 N–H and O–H groups in total. The molecule has 0 atom stereocenters. The number of amides is 1. The van der Waals surface area contributed by atoms with Crippen molar-refractivity contribution in [2.45, 2.75) is 20.4 Å². The number of hydrogen-bond donors (Lipinski definition) is 1. The number of nitrogens with zero attached hydrogens (tertiary/aromatic N) is 2. The van der Waals surface area contributed by atoms with E-state index >= 15 is 0 Å². The van der Waals surface area contributed by atoms with Crippen LogP contribution < -0.4 is 5.43 Å². The molecule has 1 saturated heterocycles. The maximum absolute atomic E-state index is 12.4. The van der Waals surface area contributed by atoms with Gasteiger partial charge < -0.3 is 14.6 Å². The van der Waals surface area contributed by atoms with Crippen molar-refractivity contribution in [2.75, 3.05) is 33.3 Å². The number of ether oxygens (including phenoxy) is 1. The molecule has 0 bridgehead atoms. The summed E-state index contributed by atoms with van der Waals surface area (Å²) in [5, 5.41) is 0.742. The van der Waals surface area contributed by atoms with E-state index in [1.807, 2.05) is 19.9 Å². The number of piperazine rings is 1. The van der Waals surface area contributed by atoms with Gasteiger partial charge in [0.15, 0.2) is 5.43 Å². The van der Waals surface area contributed by atoms with Crippen LogP contribution in [0.3, 0.4) is 0 Å². The molecule has 0 spiro atoms. The minimum atomic E-state index is -0.278. The van der Waals surface area contributed by atoms with Crippen LogP contribution in [-0.2, 0) is 11.3 Å². The minimum Gasteiger partial charge on any atom is -0.453 e. The number of fused-ring (bicyclic) bond motifs is 1. The second-order valence-corrected chi connectivity index (χ2v) is 6.40. The van der Waals surface area contributed by atoms with Crippen molar-refractivity contribution in [2.24, 2.45) is 0 Å². The third-order valence-corrected chi connectivity index (χ3v) is 4.54. The Kier molecular flexibility index (Phi) is 4.57. The molecule has 1 amide bonds. The summed E-state index contributed by atoms with van der Waals surface area (Å²) in [6, 6.07) is 5.70. The van der Waals surface area contributed by atoms with Crippen LogP contribution in [0.25, 0.3) is 10.9 Å². The average Bonchev–Trinajstić information content (AvgIpc) is 2.56. The Morgan fingerprint density at radius 1 is 1.17 bits per heavy atom. The standard InChI is InChI=1S/C18H23N3O3/c1-12-8-13(2)17-15(9-12)16(22)10-14(19-17)11-20-4-6-21(7-5-20)18(23)24-3/h8-10H,4-7,11H2,1-3H3,(H,19,22). The van der Waals surface area contributed by atoms with Crippen molar-refractivity contribution in [3.8, 4) is 0 Å². The second-order valence-electron chi connectivity index (χ2n) is 6.40. The molecule has 6 nitrogen and oxygen atoms in total. The predicted molar refractivity (Wildman–Crippen MR) is 93.3 cm³/mol. The van der Waals surface area contributed by atoms with Crippen LogP contribution in [0, 0.1) is 13.8 Å². The van der Waals surface area contributed by atoms with Crippen molar-refractivity contribution < 1.29 is 9.53 Å². The van der Waals surface area contributed by atoms with Crippen molar-refractivity contribution in [3.63, 3.8) is 0 Å². The fourth-order valence-electron chi connectivity index (χ4n) is 3.30. The molecule has 1 aliphatic heterocycles. The zero-order chi connectivity index (χ0) is 17.3. The fraction of sp³-hybridized carbons (Fsp3) is 0.444. The van der Waals surface area contributed by atoms with Crippen molar-refractivity contribution in [1.29, 1.82) is 0 Å². The molecule has 0 saturated carbocycles. The lowest BCUT2D eigenvalue weighted by atomic mass is 10.1. The van der Waals surface area contributed by atoms with Gasteiger partial charge in [-0.1, -0.05) is 6.07 Å². The van der Waals surface area contributed by atoms with Gasteiger partial charge in [0.05, 0.1) is 12.6 Å². The molecule has 24 heavy (non-hydrogen) atoms. The largest absolute Gasteiger partial charge is 0.453 e. The summed E-state index contributed by atoms with van der Waals surface area (Å²) in [6.07, 6.45) is -0.278. The van der Waals surface area contributed by atoms with Gasteiger partial charge in [0.1, 0.15) is 0 Å². The van der Waals surface area contributed by atoms with Gasteiger partial charge in [-0.15, -0.1) is 0 Å². The topological polar surface area (TPSA) is 65.6 Å². The molecule has 0 aliphatic carbocycles. The smallest absolute Gasteiger partial charge is 0.409 e. The Morgan fingerprint density at radius 3 is 2.54 bits per heavy atom. The average molecular weight is 329 g/mol. The maximum Gasteiger partial charge on any atom is 0.409 e. The molecular formula is C18H23N3O3. The van der Waals surface area contributed by atoms with Crippen molar-refractivity contribution in [3.05, 3.63) is 45.2 Å². The summed E-state index contributed by atoms with van der Waals surface area (Å²) in [5.41, 5.74) is 4.05. The van der Waals surface area contributed by atoms with Crippen LogP contribution in [0.4, 0.5) is 4.79 Å². The number of carbonyl (C=O) groups is 1. The van der Waals surface area contributed by atoms with E-state index < -0.39 is 0 Å². The van der Waals surface area contributed by atoms with Crippen LogP contribution in [0.15, 0.2) is 23.0 Å². The predicted octanol–water partition coefficient (Wildman–Crippen LogP) is 2.03. The lowest BCUT2D eigenvalue weighted by molar-refractivity contribution is 0.0885. The first kappa shape index (κ1) is 16.5. The SMILES string of the molecule is COC(=O)N1CCN(Cc2cc(=O)c3cc(C)cc(C)c3[nH]2)CC1. The number of pyridine rings is 1. The number of hydrogen-bond acceptors (Lipinski definition) is 4. The maximum atomic E-state index is 12.4. The number of rotatable bonds is 2. The van der Waals surface area contributed by atoms with Crippen LogP contribution in [0.1, 0.15) is 16.8 Å². The van der Waals surface area contributed by atoms with Crippen LogP contribution in [-0.4, -0.2) is 54.2 Å². The molecule has 1 aliphatic rings. The van der Waals surface area contributed by atoms with Gasteiger partial charge in [-0.2, -0.15) is 0 Å². The monoisotopic (exact) mass is 329 g/mol. The first-order valence-electron chi connectivity index (χ1n) is 8.16. The van der Waals surface area contributed by atoms with Gasteiger partial charge in [0.25, 0.3) is 0 Å². The van der Waals surface area contributed by atoms with Crippen molar-refractivity contribution in [1.82, 2.24) is 14.8 Å². The Balaban J connectivity index is 1.77. The van der Waals surface area contributed by atoms with Crippen LogP contribution >= 0.6 is 0 Å². The Labute approximate surface area is 141 Å². The summed E-state index contributed by atoms with van der Waals surface area (Å²) < 4.78 is 4.75. The quantitative estimate of drug-likeness (QED) is 0.915. The number of carbonyl (C=O) groups excluding carboxylic acids is 1. The van der Waals surface area contributed by atoms with Gasteiger partial charge in [0.2, 0.25) is 0 Å². The number of aromatic amines is 1. The van der Waals surface area contributed by atoms with Gasteiger partial charge >= 0.3 is 6.09 Å². The zero-order valence-corrected chi connectivity index (χ0v) is 14.4. The third kappa shape index (κ3) is 3.28. The van der Waals surface area contributed by atoms with E-state index in [9.17, 15) is 9.59 Å². The van der Waals surface area contributed by atoms with Gasteiger partial charge in [-0.05, 0) is 31.0 Å². The number of aryl methyl sites for hydroxylation is 2. The molecular weight excluding hydrogens is 306 g/mol. The molecule has 1 aromatic heterocycles. The van der Waals surface area contributed by atoms with Gasteiger partial charge in [-0.25, -0.2) is 4.79 Å². The van der Waals surface area contributed by atoms with E-state index in [0.29, 0.717) is 19.6 Å². The second kappa shape index (κ2) is 6.65. The van der Waals surface area contributed by atoms with Crippen LogP contribution in [0.2, 0.25) is 0 Å². The first-order chi connectivity index (χ1) is 11.5. The number of nitrogens with one attached hydrogen (secondary N) is 1. The number of H-pyrrole nitrogens is 1. The molecule has 1 aromatic carbocycles. The summed E-state index contributed by atoms with van der Waals surface area (Å²) in [6.45, 7) is 7.51. The fourth-order valence-corrected chi connectivity index (χ4v) is 3.30.